The van der Waals surface area contributed by atoms with Crippen LogP contribution < -0.4 is 5.73 Å². The lowest BCUT2D eigenvalue weighted by atomic mass is 9.78. The molecule has 0 radical (unpaired) electrons. The molecule has 1 heterocycles. The van der Waals surface area contributed by atoms with Crippen LogP contribution in [0.2, 0.25) is 0 Å². The number of likely N-dealkylation sites (tertiary alicyclic amines) is 1. The maximum atomic E-state index is 13.7. The SMILES string of the molecule is NC1CCCC2CN(Cc3ccc([N+](=O)[O-])c(F)c3)CC12. The Labute approximate surface area is 123 Å². The van der Waals surface area contributed by atoms with E-state index in [0.29, 0.717) is 18.4 Å². The molecule has 3 unspecified atom stereocenters. The first-order valence-corrected chi connectivity index (χ1v) is 7.45. The lowest BCUT2D eigenvalue weighted by Crippen LogP contribution is -2.38. The van der Waals surface area contributed by atoms with Gasteiger partial charge in [-0.3, -0.25) is 15.0 Å². The molecular weight excluding hydrogens is 273 g/mol. The Bertz CT molecular complexity index is 552. The Morgan fingerprint density at radius 3 is 2.86 bits per heavy atom. The summed E-state index contributed by atoms with van der Waals surface area (Å²) in [6, 6.07) is 4.45. The predicted octanol–water partition coefficient (Wildman–Crippen LogP) is 2.29. The predicted molar refractivity (Wildman–Crippen MR) is 77.1 cm³/mol. The van der Waals surface area contributed by atoms with E-state index < -0.39 is 16.4 Å². The highest BCUT2D eigenvalue weighted by atomic mass is 19.1. The average Bonchev–Trinajstić information content (AvgIpc) is 2.82. The minimum absolute atomic E-state index is 0.280. The van der Waals surface area contributed by atoms with Gasteiger partial charge in [-0.1, -0.05) is 12.5 Å². The number of nitro benzene ring substituents is 1. The Hall–Kier alpha value is -1.53. The van der Waals surface area contributed by atoms with E-state index in [2.05, 4.69) is 4.90 Å². The average molecular weight is 293 g/mol. The summed E-state index contributed by atoms with van der Waals surface area (Å²) in [7, 11) is 0. The van der Waals surface area contributed by atoms with Gasteiger partial charge in [-0.25, -0.2) is 0 Å². The van der Waals surface area contributed by atoms with Crippen LogP contribution in [0.1, 0.15) is 24.8 Å². The zero-order chi connectivity index (χ0) is 15.0. The van der Waals surface area contributed by atoms with Gasteiger partial charge in [0.15, 0.2) is 0 Å². The second-order valence-electron chi connectivity index (χ2n) is 6.26. The Morgan fingerprint density at radius 2 is 2.19 bits per heavy atom. The zero-order valence-electron chi connectivity index (χ0n) is 11.9. The van der Waals surface area contributed by atoms with Crippen LogP contribution >= 0.6 is 0 Å². The van der Waals surface area contributed by atoms with Crippen molar-refractivity contribution in [1.29, 1.82) is 0 Å². The van der Waals surface area contributed by atoms with E-state index in [-0.39, 0.29) is 6.04 Å². The van der Waals surface area contributed by atoms with Crippen LogP contribution in [0.25, 0.3) is 0 Å². The fourth-order valence-corrected chi connectivity index (χ4v) is 3.79. The number of fused-ring (bicyclic) bond motifs is 1. The van der Waals surface area contributed by atoms with Crippen LogP contribution in [-0.4, -0.2) is 29.0 Å². The van der Waals surface area contributed by atoms with E-state index >= 15 is 0 Å². The van der Waals surface area contributed by atoms with Crippen molar-refractivity contribution < 1.29 is 9.31 Å². The molecule has 3 atom stereocenters. The molecule has 3 rings (SSSR count). The van der Waals surface area contributed by atoms with Gasteiger partial charge in [0, 0.05) is 31.7 Å². The molecule has 0 aromatic heterocycles. The molecule has 1 aliphatic carbocycles. The first-order chi connectivity index (χ1) is 10.0. The highest BCUT2D eigenvalue weighted by molar-refractivity contribution is 5.35. The number of hydrogen-bond donors (Lipinski definition) is 1. The molecule has 2 N–H and O–H groups in total. The van der Waals surface area contributed by atoms with Gasteiger partial charge < -0.3 is 5.73 Å². The third-order valence-electron chi connectivity index (χ3n) is 4.84. The fraction of sp³-hybridized carbons (Fsp3) is 0.600. The van der Waals surface area contributed by atoms with E-state index in [9.17, 15) is 14.5 Å². The molecule has 1 aliphatic heterocycles. The quantitative estimate of drug-likeness (QED) is 0.685. The normalized spacial score (nSPS) is 29.3. The van der Waals surface area contributed by atoms with Crippen LogP contribution in [0.5, 0.6) is 0 Å². The molecule has 2 aliphatic rings. The molecule has 2 fully saturated rings. The summed E-state index contributed by atoms with van der Waals surface area (Å²) < 4.78 is 13.7. The van der Waals surface area contributed by atoms with Crippen molar-refractivity contribution in [3.63, 3.8) is 0 Å². The van der Waals surface area contributed by atoms with Gasteiger partial charge in [0.2, 0.25) is 5.82 Å². The van der Waals surface area contributed by atoms with E-state index in [1.165, 1.54) is 25.0 Å². The summed E-state index contributed by atoms with van der Waals surface area (Å²) in [4.78, 5) is 12.2. The standard InChI is InChI=1S/C15H20FN3O2/c16-13-6-10(4-5-15(13)19(20)21)7-18-8-11-2-1-3-14(17)12(11)9-18/h4-6,11-12,14H,1-3,7-9,17H2. The van der Waals surface area contributed by atoms with E-state index in [1.807, 2.05) is 0 Å². The summed E-state index contributed by atoms with van der Waals surface area (Å²) in [5, 5.41) is 10.6. The Morgan fingerprint density at radius 1 is 1.38 bits per heavy atom. The van der Waals surface area contributed by atoms with Crippen LogP contribution in [0, 0.1) is 27.8 Å². The second kappa shape index (κ2) is 5.69. The third kappa shape index (κ3) is 2.91. The molecule has 114 valence electrons. The summed E-state index contributed by atoms with van der Waals surface area (Å²) >= 11 is 0. The maximum absolute atomic E-state index is 13.7. The van der Waals surface area contributed by atoms with Crippen molar-refractivity contribution >= 4 is 5.69 Å². The molecule has 1 saturated carbocycles. The molecule has 1 saturated heterocycles. The number of hydrogen-bond acceptors (Lipinski definition) is 4. The Balaban J connectivity index is 1.67. The molecule has 0 bridgehead atoms. The van der Waals surface area contributed by atoms with Gasteiger partial charge in [-0.2, -0.15) is 4.39 Å². The van der Waals surface area contributed by atoms with Gasteiger partial charge in [0.05, 0.1) is 4.92 Å². The molecule has 1 aromatic rings. The van der Waals surface area contributed by atoms with Gasteiger partial charge in [-0.15, -0.1) is 0 Å². The summed E-state index contributed by atoms with van der Waals surface area (Å²) in [5.41, 5.74) is 6.51. The second-order valence-corrected chi connectivity index (χ2v) is 6.26. The van der Waals surface area contributed by atoms with E-state index in [4.69, 9.17) is 5.73 Å². The smallest absolute Gasteiger partial charge is 0.304 e. The largest absolute Gasteiger partial charge is 0.327 e. The molecule has 1 aromatic carbocycles. The lowest BCUT2D eigenvalue weighted by Gasteiger charge is -2.29. The molecule has 0 spiro atoms. The Kier molecular flexibility index (Phi) is 3.91. The summed E-state index contributed by atoms with van der Waals surface area (Å²) in [6.45, 7) is 2.58. The number of nitrogens with two attached hydrogens (primary N) is 1. The lowest BCUT2D eigenvalue weighted by molar-refractivity contribution is -0.387. The van der Waals surface area contributed by atoms with Crippen LogP contribution in [0.4, 0.5) is 10.1 Å². The van der Waals surface area contributed by atoms with Crippen molar-refractivity contribution in [1.82, 2.24) is 4.90 Å². The molecule has 6 heteroatoms. The third-order valence-corrected chi connectivity index (χ3v) is 4.84. The molecular formula is C15H20FN3O2. The number of halogens is 1. The molecule has 21 heavy (non-hydrogen) atoms. The van der Waals surface area contributed by atoms with Gasteiger partial charge in [0.1, 0.15) is 0 Å². The van der Waals surface area contributed by atoms with Gasteiger partial charge in [-0.05, 0) is 36.3 Å². The first kappa shape index (κ1) is 14.4. The minimum Gasteiger partial charge on any atom is -0.327 e. The number of nitrogens with zero attached hydrogens (tertiary/aromatic N) is 2. The molecule has 0 amide bonds. The highest BCUT2D eigenvalue weighted by Crippen LogP contribution is 2.36. The van der Waals surface area contributed by atoms with Crippen LogP contribution in [0.3, 0.4) is 0 Å². The van der Waals surface area contributed by atoms with E-state index in [1.54, 1.807) is 6.07 Å². The number of benzene rings is 1. The van der Waals surface area contributed by atoms with Crippen molar-refractivity contribution in [2.24, 2.45) is 17.6 Å². The molecule has 5 nitrogen and oxygen atoms in total. The monoisotopic (exact) mass is 293 g/mol. The number of rotatable bonds is 3. The van der Waals surface area contributed by atoms with Gasteiger partial charge >= 0.3 is 5.69 Å². The fourth-order valence-electron chi connectivity index (χ4n) is 3.79. The van der Waals surface area contributed by atoms with Crippen molar-refractivity contribution in [3.05, 3.63) is 39.7 Å². The van der Waals surface area contributed by atoms with Crippen molar-refractivity contribution in [3.8, 4) is 0 Å². The van der Waals surface area contributed by atoms with Gasteiger partial charge in [0.25, 0.3) is 0 Å². The van der Waals surface area contributed by atoms with Crippen LogP contribution in [0.15, 0.2) is 18.2 Å². The first-order valence-electron chi connectivity index (χ1n) is 7.45. The topological polar surface area (TPSA) is 72.4 Å². The summed E-state index contributed by atoms with van der Waals surface area (Å²) in [5.74, 6) is 0.434. The van der Waals surface area contributed by atoms with Crippen LogP contribution in [-0.2, 0) is 6.54 Å². The number of nitro groups is 1. The summed E-state index contributed by atoms with van der Waals surface area (Å²) in [6.07, 6.45) is 3.52. The van der Waals surface area contributed by atoms with E-state index in [0.717, 1.165) is 25.1 Å². The minimum atomic E-state index is -0.759. The zero-order valence-corrected chi connectivity index (χ0v) is 11.9. The van der Waals surface area contributed by atoms with Crippen molar-refractivity contribution in [2.45, 2.75) is 31.8 Å². The maximum Gasteiger partial charge on any atom is 0.304 e. The van der Waals surface area contributed by atoms with Crippen molar-refractivity contribution in [2.75, 3.05) is 13.1 Å². The highest BCUT2D eigenvalue weighted by Gasteiger charge is 2.38.